The first-order chi connectivity index (χ1) is 11.5. The van der Waals surface area contributed by atoms with Crippen molar-refractivity contribution in [2.24, 2.45) is 5.92 Å². The van der Waals surface area contributed by atoms with Crippen LogP contribution in [0.4, 0.5) is 10.5 Å². The van der Waals surface area contributed by atoms with Gasteiger partial charge in [0.05, 0.1) is 31.0 Å². The molecule has 1 saturated heterocycles. The molecule has 1 aromatic rings. The van der Waals surface area contributed by atoms with Crippen molar-refractivity contribution < 1.29 is 14.3 Å². The third kappa shape index (κ3) is 5.26. The van der Waals surface area contributed by atoms with Crippen molar-refractivity contribution in [3.05, 3.63) is 23.2 Å². The van der Waals surface area contributed by atoms with Crippen molar-refractivity contribution in [2.45, 2.75) is 19.9 Å². The zero-order valence-corrected chi connectivity index (χ0v) is 15.2. The lowest BCUT2D eigenvalue weighted by Gasteiger charge is -2.36. The highest BCUT2D eigenvalue weighted by molar-refractivity contribution is 6.33. The predicted molar refractivity (Wildman–Crippen MR) is 96.0 cm³/mol. The molecule has 1 aromatic carbocycles. The summed E-state index contributed by atoms with van der Waals surface area (Å²) in [5.41, 5.74) is 0.558. The van der Waals surface area contributed by atoms with E-state index in [1.54, 1.807) is 25.3 Å². The van der Waals surface area contributed by atoms with Gasteiger partial charge in [0.2, 0.25) is 0 Å². The first-order valence-electron chi connectivity index (χ1n) is 8.21. The quantitative estimate of drug-likeness (QED) is 0.823. The van der Waals surface area contributed by atoms with Gasteiger partial charge in [0, 0.05) is 31.7 Å². The summed E-state index contributed by atoms with van der Waals surface area (Å²) in [6.45, 7) is 8.21. The second kappa shape index (κ2) is 9.11. The average Bonchev–Trinajstić information content (AvgIpc) is 2.57. The molecule has 6 nitrogen and oxygen atoms in total. The molecule has 0 spiro atoms. The lowest BCUT2D eigenvalue weighted by Crippen LogP contribution is -2.51. The first kappa shape index (κ1) is 18.8. The van der Waals surface area contributed by atoms with Gasteiger partial charge >= 0.3 is 6.03 Å². The van der Waals surface area contributed by atoms with Gasteiger partial charge in [-0.1, -0.05) is 25.4 Å². The topological polar surface area (TPSA) is 62.8 Å². The van der Waals surface area contributed by atoms with Crippen molar-refractivity contribution in [2.75, 3.05) is 45.3 Å². The zero-order chi connectivity index (χ0) is 17.5. The number of carbonyl (C=O) groups excluding carboxylic acids is 1. The van der Waals surface area contributed by atoms with E-state index in [4.69, 9.17) is 21.1 Å². The van der Waals surface area contributed by atoms with Crippen LogP contribution < -0.4 is 15.4 Å². The molecule has 1 atom stereocenters. The van der Waals surface area contributed by atoms with Crippen LogP contribution in [0.3, 0.4) is 0 Å². The molecule has 0 aromatic heterocycles. The second-order valence-corrected chi connectivity index (χ2v) is 6.55. The van der Waals surface area contributed by atoms with Crippen LogP contribution in [-0.2, 0) is 4.74 Å². The van der Waals surface area contributed by atoms with Crippen molar-refractivity contribution in [3.8, 4) is 5.75 Å². The van der Waals surface area contributed by atoms with E-state index in [0.29, 0.717) is 28.9 Å². The Morgan fingerprint density at radius 3 is 2.67 bits per heavy atom. The van der Waals surface area contributed by atoms with Crippen molar-refractivity contribution >= 4 is 23.3 Å². The number of methoxy groups -OCH3 is 1. The fourth-order valence-corrected chi connectivity index (χ4v) is 3.00. The Morgan fingerprint density at radius 2 is 2.08 bits per heavy atom. The van der Waals surface area contributed by atoms with Crippen LogP contribution in [-0.4, -0.2) is 56.9 Å². The number of halogens is 1. The third-order valence-corrected chi connectivity index (χ3v) is 4.49. The second-order valence-electron chi connectivity index (χ2n) is 6.14. The zero-order valence-electron chi connectivity index (χ0n) is 14.5. The van der Waals surface area contributed by atoms with E-state index in [0.717, 1.165) is 26.3 Å². The molecule has 1 fully saturated rings. The molecule has 7 heteroatoms. The Balaban J connectivity index is 1.88. The normalized spacial score (nSPS) is 16.7. The van der Waals surface area contributed by atoms with Gasteiger partial charge in [-0.2, -0.15) is 0 Å². The molecule has 1 aliphatic heterocycles. The Kier molecular flexibility index (Phi) is 7.15. The van der Waals surface area contributed by atoms with Gasteiger partial charge in [-0.3, -0.25) is 4.90 Å². The summed E-state index contributed by atoms with van der Waals surface area (Å²) in [6.07, 6.45) is 0. The van der Waals surface area contributed by atoms with Crippen LogP contribution in [0, 0.1) is 5.92 Å². The minimum Gasteiger partial charge on any atom is -0.497 e. The lowest BCUT2D eigenvalue weighted by atomic mass is 10.0. The number of amides is 2. The summed E-state index contributed by atoms with van der Waals surface area (Å²) >= 11 is 6.14. The first-order valence-corrected chi connectivity index (χ1v) is 8.59. The van der Waals surface area contributed by atoms with Gasteiger partial charge in [-0.15, -0.1) is 0 Å². The summed E-state index contributed by atoms with van der Waals surface area (Å²) < 4.78 is 10.5. The van der Waals surface area contributed by atoms with Crippen LogP contribution >= 0.6 is 11.6 Å². The predicted octanol–water partition coefficient (Wildman–Crippen LogP) is 2.83. The molecule has 24 heavy (non-hydrogen) atoms. The number of nitrogens with one attached hydrogen (secondary N) is 2. The van der Waals surface area contributed by atoms with E-state index in [2.05, 4.69) is 29.4 Å². The highest BCUT2D eigenvalue weighted by atomic mass is 35.5. The van der Waals surface area contributed by atoms with Gasteiger partial charge < -0.3 is 20.1 Å². The van der Waals surface area contributed by atoms with Gasteiger partial charge in [0.25, 0.3) is 0 Å². The highest BCUT2D eigenvalue weighted by Gasteiger charge is 2.24. The van der Waals surface area contributed by atoms with Crippen molar-refractivity contribution in [3.63, 3.8) is 0 Å². The molecule has 1 aliphatic rings. The van der Waals surface area contributed by atoms with Crippen LogP contribution in [0.5, 0.6) is 5.75 Å². The maximum absolute atomic E-state index is 12.2. The van der Waals surface area contributed by atoms with Gasteiger partial charge in [-0.25, -0.2) is 4.79 Å². The molecule has 0 radical (unpaired) electrons. The van der Waals surface area contributed by atoms with E-state index >= 15 is 0 Å². The SMILES string of the molecule is COc1ccc(NC(=O)NCC(C(C)C)N2CCOCC2)c(Cl)c1. The van der Waals surface area contributed by atoms with Crippen molar-refractivity contribution in [1.82, 2.24) is 10.2 Å². The fourth-order valence-electron chi connectivity index (χ4n) is 2.78. The molecule has 1 unspecified atom stereocenters. The van der Waals surface area contributed by atoms with Crippen LogP contribution in [0.15, 0.2) is 18.2 Å². The number of nitrogens with zero attached hydrogens (tertiary/aromatic N) is 1. The Morgan fingerprint density at radius 1 is 1.38 bits per heavy atom. The summed E-state index contributed by atoms with van der Waals surface area (Å²) in [6, 6.07) is 5.17. The van der Waals surface area contributed by atoms with Crippen molar-refractivity contribution in [1.29, 1.82) is 0 Å². The van der Waals surface area contributed by atoms with E-state index < -0.39 is 0 Å². The lowest BCUT2D eigenvalue weighted by molar-refractivity contribution is 0.00728. The monoisotopic (exact) mass is 355 g/mol. The Bertz CT molecular complexity index is 548. The van der Waals surface area contributed by atoms with Gasteiger partial charge in [0.1, 0.15) is 5.75 Å². The molecule has 134 valence electrons. The van der Waals surface area contributed by atoms with Gasteiger partial charge in [-0.05, 0) is 18.1 Å². The maximum Gasteiger partial charge on any atom is 0.319 e. The number of hydrogen-bond donors (Lipinski definition) is 2. The number of rotatable bonds is 6. The van der Waals surface area contributed by atoms with E-state index in [9.17, 15) is 4.79 Å². The number of anilines is 1. The van der Waals surface area contributed by atoms with Crippen LogP contribution in [0.25, 0.3) is 0 Å². The number of benzene rings is 1. The minimum atomic E-state index is -0.263. The van der Waals surface area contributed by atoms with E-state index in [1.807, 2.05) is 0 Å². The minimum absolute atomic E-state index is 0.263. The molecule has 0 bridgehead atoms. The number of urea groups is 1. The number of carbonyl (C=O) groups is 1. The molecule has 0 saturated carbocycles. The maximum atomic E-state index is 12.2. The largest absolute Gasteiger partial charge is 0.497 e. The van der Waals surface area contributed by atoms with E-state index in [1.165, 1.54) is 0 Å². The summed E-state index contributed by atoms with van der Waals surface area (Å²) in [5, 5.41) is 6.16. The average molecular weight is 356 g/mol. The molecule has 2 rings (SSSR count). The molecular weight excluding hydrogens is 330 g/mol. The molecule has 0 aliphatic carbocycles. The highest BCUT2D eigenvalue weighted by Crippen LogP contribution is 2.26. The summed E-state index contributed by atoms with van der Waals surface area (Å²) in [5.74, 6) is 1.09. The molecule has 2 N–H and O–H groups in total. The Labute approximate surface area is 148 Å². The smallest absolute Gasteiger partial charge is 0.319 e. The number of hydrogen-bond acceptors (Lipinski definition) is 4. The molecule has 2 amide bonds. The Hall–Kier alpha value is -1.50. The third-order valence-electron chi connectivity index (χ3n) is 4.18. The molecule has 1 heterocycles. The van der Waals surface area contributed by atoms with Crippen LogP contribution in [0.2, 0.25) is 5.02 Å². The molecular formula is C17H26ClN3O3. The summed E-state index contributed by atoms with van der Waals surface area (Å²) in [4.78, 5) is 14.5. The fraction of sp³-hybridized carbons (Fsp3) is 0.588. The summed E-state index contributed by atoms with van der Waals surface area (Å²) in [7, 11) is 1.57. The number of ether oxygens (including phenoxy) is 2. The van der Waals surface area contributed by atoms with E-state index in [-0.39, 0.29) is 12.1 Å². The van der Waals surface area contributed by atoms with Gasteiger partial charge in [0.15, 0.2) is 0 Å². The standard InChI is InChI=1S/C17H26ClN3O3/c1-12(2)16(21-6-8-24-9-7-21)11-19-17(22)20-15-5-4-13(23-3)10-14(15)18/h4-5,10,12,16H,6-9,11H2,1-3H3,(H2,19,20,22). The van der Waals surface area contributed by atoms with Crippen LogP contribution in [0.1, 0.15) is 13.8 Å². The number of morpholine rings is 1.